The van der Waals surface area contributed by atoms with Crippen molar-refractivity contribution in [2.24, 2.45) is 5.73 Å². The molecule has 0 heterocycles. The summed E-state index contributed by atoms with van der Waals surface area (Å²) < 4.78 is 0. The zero-order chi connectivity index (χ0) is 11.7. The second-order valence-electron chi connectivity index (χ2n) is 5.11. The first-order chi connectivity index (χ1) is 6.80. The van der Waals surface area contributed by atoms with Crippen molar-refractivity contribution in [1.82, 2.24) is 0 Å². The highest BCUT2D eigenvalue weighted by Crippen LogP contribution is 2.30. The van der Waals surface area contributed by atoms with E-state index < -0.39 is 8.07 Å². The van der Waals surface area contributed by atoms with Crippen LogP contribution >= 0.6 is 0 Å². The molecule has 3 heteroatoms. The second-order valence-corrected chi connectivity index (χ2v) is 10.6. The number of hydrogen-bond donors (Lipinski definition) is 1. The van der Waals surface area contributed by atoms with Gasteiger partial charge in [-0.2, -0.15) is 5.26 Å². The molecule has 15 heavy (non-hydrogen) atoms. The fourth-order valence-electron chi connectivity index (χ4n) is 1.44. The van der Waals surface area contributed by atoms with Crippen LogP contribution < -0.4 is 5.73 Å². The molecule has 2 nitrogen and oxygen atoms in total. The molecule has 1 unspecified atom stereocenters. The summed E-state index contributed by atoms with van der Waals surface area (Å²) in [5, 5.41) is 8.70. The molecule has 0 saturated carbocycles. The minimum absolute atomic E-state index is 0.362. The molecule has 0 aliphatic heterocycles. The minimum Gasteiger partial charge on any atom is -0.324 e. The zero-order valence-electron chi connectivity index (χ0n) is 9.83. The van der Waals surface area contributed by atoms with Crippen molar-refractivity contribution in [1.29, 1.82) is 5.26 Å². The second kappa shape index (κ2) is 3.80. The molecule has 1 aromatic rings. The predicted octanol–water partition coefficient (Wildman–Crippen LogP) is 2.61. The Balaban J connectivity index is 3.34. The maximum absolute atomic E-state index is 9.06. The van der Waals surface area contributed by atoms with Gasteiger partial charge in [0.15, 0.2) is 0 Å². The Bertz CT molecular complexity index is 397. The van der Waals surface area contributed by atoms with Crippen LogP contribution in [-0.4, -0.2) is 8.07 Å². The van der Waals surface area contributed by atoms with E-state index in [4.69, 9.17) is 11.0 Å². The SMILES string of the molecule is CC(N)(c1ccccc1C#N)[Si](C)(C)C. The van der Waals surface area contributed by atoms with Gasteiger partial charge < -0.3 is 5.73 Å². The molecule has 0 saturated heterocycles. The Hall–Kier alpha value is -1.11. The third-order valence-electron chi connectivity index (χ3n) is 3.17. The minimum atomic E-state index is -1.55. The Morgan fingerprint density at radius 1 is 1.27 bits per heavy atom. The molecule has 0 spiro atoms. The van der Waals surface area contributed by atoms with Crippen LogP contribution in [0.15, 0.2) is 24.3 Å². The van der Waals surface area contributed by atoms with Gasteiger partial charge in [-0.1, -0.05) is 37.8 Å². The van der Waals surface area contributed by atoms with Crippen LogP contribution in [0.4, 0.5) is 0 Å². The normalized spacial score (nSPS) is 15.5. The van der Waals surface area contributed by atoms with Gasteiger partial charge in [-0.15, -0.1) is 0 Å². The molecular weight excluding hydrogens is 200 g/mol. The lowest BCUT2D eigenvalue weighted by atomic mass is 10.0. The monoisotopic (exact) mass is 218 g/mol. The largest absolute Gasteiger partial charge is 0.324 e. The van der Waals surface area contributed by atoms with Crippen molar-refractivity contribution in [2.45, 2.75) is 31.7 Å². The topological polar surface area (TPSA) is 49.8 Å². The van der Waals surface area contributed by atoms with Crippen LogP contribution in [0.2, 0.25) is 19.6 Å². The van der Waals surface area contributed by atoms with Crippen molar-refractivity contribution < 1.29 is 0 Å². The fraction of sp³-hybridized carbons (Fsp3) is 0.417. The molecule has 1 rings (SSSR count). The van der Waals surface area contributed by atoms with E-state index in [-0.39, 0.29) is 5.16 Å². The Morgan fingerprint density at radius 3 is 2.27 bits per heavy atom. The summed E-state index contributed by atoms with van der Waals surface area (Å²) in [5.74, 6) is 0. The van der Waals surface area contributed by atoms with Crippen molar-refractivity contribution in [3.05, 3.63) is 35.4 Å². The highest BCUT2D eigenvalue weighted by atomic mass is 28.3. The van der Waals surface area contributed by atoms with Gasteiger partial charge in [0.25, 0.3) is 0 Å². The number of nitrogens with zero attached hydrogens (tertiary/aromatic N) is 1. The summed E-state index contributed by atoms with van der Waals surface area (Å²) in [6.45, 7) is 8.71. The average Bonchev–Trinajstić information content (AvgIpc) is 2.16. The number of hydrogen-bond acceptors (Lipinski definition) is 2. The molecule has 0 aliphatic carbocycles. The van der Waals surface area contributed by atoms with Crippen molar-refractivity contribution >= 4 is 8.07 Å². The van der Waals surface area contributed by atoms with E-state index in [0.717, 1.165) is 5.56 Å². The first-order valence-electron chi connectivity index (χ1n) is 5.09. The van der Waals surface area contributed by atoms with Crippen LogP contribution in [0.25, 0.3) is 0 Å². The van der Waals surface area contributed by atoms with Crippen molar-refractivity contribution in [3.8, 4) is 6.07 Å². The molecule has 0 bridgehead atoms. The summed E-state index contributed by atoms with van der Waals surface area (Å²) in [4.78, 5) is 0. The van der Waals surface area contributed by atoms with E-state index in [9.17, 15) is 0 Å². The van der Waals surface area contributed by atoms with E-state index in [1.54, 1.807) is 0 Å². The van der Waals surface area contributed by atoms with Crippen LogP contribution in [0, 0.1) is 11.3 Å². The number of nitriles is 1. The molecule has 0 amide bonds. The van der Waals surface area contributed by atoms with E-state index in [0.29, 0.717) is 5.56 Å². The van der Waals surface area contributed by atoms with Crippen molar-refractivity contribution in [3.63, 3.8) is 0 Å². The molecule has 0 aromatic heterocycles. The average molecular weight is 218 g/mol. The van der Waals surface area contributed by atoms with E-state index in [1.165, 1.54) is 0 Å². The van der Waals surface area contributed by atoms with Gasteiger partial charge in [0.1, 0.15) is 0 Å². The van der Waals surface area contributed by atoms with Crippen LogP contribution in [0.1, 0.15) is 18.1 Å². The molecule has 0 aliphatic rings. The Kier molecular flexibility index (Phi) is 3.03. The lowest BCUT2D eigenvalue weighted by molar-refractivity contribution is 0.676. The first-order valence-corrected chi connectivity index (χ1v) is 8.59. The molecule has 0 radical (unpaired) electrons. The quantitative estimate of drug-likeness (QED) is 0.776. The Labute approximate surface area is 92.7 Å². The van der Waals surface area contributed by atoms with Gasteiger partial charge >= 0.3 is 0 Å². The lowest BCUT2D eigenvalue weighted by Crippen LogP contribution is -2.54. The van der Waals surface area contributed by atoms with Crippen LogP contribution in [0.3, 0.4) is 0 Å². The summed E-state index contributed by atoms with van der Waals surface area (Å²) >= 11 is 0. The first kappa shape index (κ1) is 12.0. The number of benzene rings is 1. The molecule has 1 atom stereocenters. The summed E-state index contributed by atoms with van der Waals surface area (Å²) in [5.41, 5.74) is 8.08. The maximum atomic E-state index is 9.06. The zero-order valence-corrected chi connectivity index (χ0v) is 10.8. The van der Waals surface area contributed by atoms with Gasteiger partial charge in [0.05, 0.1) is 19.7 Å². The van der Waals surface area contributed by atoms with Crippen molar-refractivity contribution in [2.75, 3.05) is 0 Å². The molecule has 80 valence electrons. The highest BCUT2D eigenvalue weighted by molar-refractivity contribution is 6.78. The van der Waals surface area contributed by atoms with Crippen LogP contribution in [0.5, 0.6) is 0 Å². The van der Waals surface area contributed by atoms with Gasteiger partial charge in [0.2, 0.25) is 0 Å². The molecule has 1 aromatic carbocycles. The summed E-state index contributed by atoms with van der Waals surface area (Å²) in [6.07, 6.45) is 0. The third-order valence-corrected chi connectivity index (χ3v) is 6.55. The maximum Gasteiger partial charge on any atom is 0.0995 e. The van der Waals surface area contributed by atoms with E-state index in [2.05, 4.69) is 25.7 Å². The van der Waals surface area contributed by atoms with E-state index >= 15 is 0 Å². The van der Waals surface area contributed by atoms with Crippen LogP contribution in [-0.2, 0) is 5.16 Å². The smallest absolute Gasteiger partial charge is 0.0995 e. The van der Waals surface area contributed by atoms with Gasteiger partial charge in [-0.3, -0.25) is 0 Å². The van der Waals surface area contributed by atoms with Gasteiger partial charge in [0, 0.05) is 5.16 Å². The van der Waals surface area contributed by atoms with Gasteiger partial charge in [-0.05, 0) is 18.6 Å². The summed E-state index contributed by atoms with van der Waals surface area (Å²) in [7, 11) is -1.55. The molecule has 0 fully saturated rings. The Morgan fingerprint density at radius 2 is 1.80 bits per heavy atom. The number of rotatable bonds is 2. The summed E-state index contributed by atoms with van der Waals surface area (Å²) in [6, 6.07) is 9.84. The van der Waals surface area contributed by atoms with Gasteiger partial charge in [-0.25, -0.2) is 0 Å². The lowest BCUT2D eigenvalue weighted by Gasteiger charge is -2.38. The third kappa shape index (κ3) is 2.11. The highest BCUT2D eigenvalue weighted by Gasteiger charge is 2.38. The van der Waals surface area contributed by atoms with E-state index in [1.807, 2.05) is 31.2 Å². The fourth-order valence-corrected chi connectivity index (χ4v) is 2.46. The molecular formula is C12H18N2Si. The number of nitrogens with two attached hydrogens (primary N) is 1. The standard InChI is InChI=1S/C12H18N2Si/c1-12(14,15(2,3)4)11-8-6-5-7-10(11)9-13/h5-8H,14H2,1-4H3. The molecule has 2 N–H and O–H groups in total. The predicted molar refractivity (Wildman–Crippen MR) is 66.0 cm³/mol.